The van der Waals surface area contributed by atoms with Crippen LogP contribution >= 0.6 is 0 Å². The van der Waals surface area contributed by atoms with E-state index in [0.29, 0.717) is 6.10 Å². The fourth-order valence-corrected chi connectivity index (χ4v) is 1.90. The van der Waals surface area contributed by atoms with Crippen molar-refractivity contribution in [1.29, 1.82) is 0 Å². The second kappa shape index (κ2) is 3.75. The first-order chi connectivity index (χ1) is 5.84. The zero-order valence-electron chi connectivity index (χ0n) is 7.88. The maximum absolute atomic E-state index is 5.50. The Bertz CT molecular complexity index is 145. The molecule has 0 bridgehead atoms. The van der Waals surface area contributed by atoms with Gasteiger partial charge in [0.1, 0.15) is 0 Å². The molecule has 0 spiro atoms. The molecule has 2 aliphatic rings. The van der Waals surface area contributed by atoms with E-state index in [9.17, 15) is 0 Å². The van der Waals surface area contributed by atoms with E-state index in [4.69, 9.17) is 4.74 Å². The van der Waals surface area contributed by atoms with Crippen molar-refractivity contribution in [2.75, 3.05) is 13.2 Å². The zero-order chi connectivity index (χ0) is 8.39. The minimum absolute atomic E-state index is 0.491. The van der Waals surface area contributed by atoms with Gasteiger partial charge in [0.05, 0.1) is 6.10 Å². The molecule has 1 N–H and O–H groups in total. The fourth-order valence-electron chi connectivity index (χ4n) is 1.90. The lowest BCUT2D eigenvalue weighted by molar-refractivity contribution is 0.00287. The minimum atomic E-state index is 0.491. The lowest BCUT2D eigenvalue weighted by atomic mass is 9.96. The highest BCUT2D eigenvalue weighted by Crippen LogP contribution is 2.22. The molecule has 0 aromatic carbocycles. The SMILES string of the molecule is CC1CC(CNC2CC2)CCO1. The summed E-state index contributed by atoms with van der Waals surface area (Å²) in [4.78, 5) is 0. The molecule has 2 fully saturated rings. The third-order valence-electron chi connectivity index (χ3n) is 2.87. The molecule has 1 heterocycles. The van der Waals surface area contributed by atoms with Crippen LogP contribution in [-0.2, 0) is 4.74 Å². The first-order valence-corrected chi connectivity index (χ1v) is 5.19. The molecule has 1 aliphatic carbocycles. The highest BCUT2D eigenvalue weighted by atomic mass is 16.5. The van der Waals surface area contributed by atoms with Crippen LogP contribution in [0.3, 0.4) is 0 Å². The van der Waals surface area contributed by atoms with Crippen LogP contribution in [-0.4, -0.2) is 25.3 Å². The Morgan fingerprint density at radius 1 is 1.33 bits per heavy atom. The Morgan fingerprint density at radius 3 is 2.83 bits per heavy atom. The van der Waals surface area contributed by atoms with Crippen LogP contribution in [0, 0.1) is 5.92 Å². The van der Waals surface area contributed by atoms with E-state index in [1.54, 1.807) is 0 Å². The molecule has 0 aromatic heterocycles. The number of hydrogen-bond acceptors (Lipinski definition) is 2. The Hall–Kier alpha value is -0.0800. The van der Waals surface area contributed by atoms with E-state index >= 15 is 0 Å². The maximum atomic E-state index is 5.50. The molecule has 0 radical (unpaired) electrons. The average molecular weight is 169 g/mol. The van der Waals surface area contributed by atoms with Crippen molar-refractivity contribution in [2.24, 2.45) is 5.92 Å². The molecule has 2 heteroatoms. The molecule has 2 atom stereocenters. The summed E-state index contributed by atoms with van der Waals surface area (Å²) in [7, 11) is 0. The van der Waals surface area contributed by atoms with Crippen LogP contribution in [0.5, 0.6) is 0 Å². The Kier molecular flexibility index (Phi) is 2.66. The second-order valence-corrected chi connectivity index (χ2v) is 4.25. The number of nitrogens with one attached hydrogen (secondary N) is 1. The highest BCUT2D eigenvalue weighted by Gasteiger charge is 2.24. The van der Waals surface area contributed by atoms with Gasteiger partial charge in [-0.3, -0.25) is 0 Å². The molecule has 1 aliphatic heterocycles. The molecule has 0 aromatic rings. The standard InChI is InChI=1S/C10H19NO/c1-8-6-9(4-5-12-8)7-11-10-2-3-10/h8-11H,2-7H2,1H3. The van der Waals surface area contributed by atoms with Gasteiger partial charge in [-0.2, -0.15) is 0 Å². The average Bonchev–Trinajstić information content (AvgIpc) is 2.84. The van der Waals surface area contributed by atoms with Gasteiger partial charge >= 0.3 is 0 Å². The number of hydrogen-bond donors (Lipinski definition) is 1. The summed E-state index contributed by atoms with van der Waals surface area (Å²) in [6.07, 6.45) is 5.80. The van der Waals surface area contributed by atoms with Gasteiger partial charge in [0.15, 0.2) is 0 Å². The topological polar surface area (TPSA) is 21.3 Å². The first kappa shape index (κ1) is 8.52. The van der Waals surface area contributed by atoms with Crippen molar-refractivity contribution in [3.05, 3.63) is 0 Å². The molecular weight excluding hydrogens is 150 g/mol. The van der Waals surface area contributed by atoms with E-state index in [1.165, 1.54) is 32.2 Å². The number of rotatable bonds is 3. The van der Waals surface area contributed by atoms with Crippen molar-refractivity contribution < 1.29 is 4.74 Å². The van der Waals surface area contributed by atoms with Gasteiger partial charge in [-0.25, -0.2) is 0 Å². The van der Waals surface area contributed by atoms with Gasteiger partial charge in [-0.15, -0.1) is 0 Å². The van der Waals surface area contributed by atoms with Crippen molar-refractivity contribution in [3.63, 3.8) is 0 Å². The van der Waals surface area contributed by atoms with Gasteiger partial charge in [0.25, 0.3) is 0 Å². The van der Waals surface area contributed by atoms with E-state index in [2.05, 4.69) is 12.2 Å². The predicted molar refractivity (Wildman–Crippen MR) is 49.2 cm³/mol. The molecule has 2 nitrogen and oxygen atoms in total. The van der Waals surface area contributed by atoms with Crippen LogP contribution in [0.1, 0.15) is 32.6 Å². The molecular formula is C10H19NO. The minimum Gasteiger partial charge on any atom is -0.378 e. The molecule has 2 rings (SSSR count). The highest BCUT2D eigenvalue weighted by molar-refractivity contribution is 4.82. The third kappa shape index (κ3) is 2.46. The largest absolute Gasteiger partial charge is 0.378 e. The number of ether oxygens (including phenoxy) is 1. The zero-order valence-corrected chi connectivity index (χ0v) is 7.88. The lowest BCUT2D eigenvalue weighted by Crippen LogP contribution is -2.32. The Labute approximate surface area is 74.7 Å². The van der Waals surface area contributed by atoms with Crippen molar-refractivity contribution >= 4 is 0 Å². The Balaban J connectivity index is 1.64. The monoisotopic (exact) mass is 169 g/mol. The van der Waals surface area contributed by atoms with Crippen molar-refractivity contribution in [2.45, 2.75) is 44.8 Å². The summed E-state index contributed by atoms with van der Waals surface area (Å²) in [6.45, 7) is 4.37. The molecule has 12 heavy (non-hydrogen) atoms. The van der Waals surface area contributed by atoms with Crippen LogP contribution < -0.4 is 5.32 Å². The van der Waals surface area contributed by atoms with Gasteiger partial charge in [0.2, 0.25) is 0 Å². The Morgan fingerprint density at radius 2 is 2.17 bits per heavy atom. The lowest BCUT2D eigenvalue weighted by Gasteiger charge is -2.27. The third-order valence-corrected chi connectivity index (χ3v) is 2.87. The van der Waals surface area contributed by atoms with Gasteiger partial charge in [-0.1, -0.05) is 0 Å². The quantitative estimate of drug-likeness (QED) is 0.692. The van der Waals surface area contributed by atoms with E-state index in [-0.39, 0.29) is 0 Å². The summed E-state index contributed by atoms with van der Waals surface area (Å²) < 4.78 is 5.50. The molecule has 1 saturated heterocycles. The molecule has 0 amide bonds. The van der Waals surface area contributed by atoms with E-state index in [1.807, 2.05) is 0 Å². The van der Waals surface area contributed by atoms with Gasteiger partial charge in [-0.05, 0) is 45.1 Å². The first-order valence-electron chi connectivity index (χ1n) is 5.19. The van der Waals surface area contributed by atoms with Crippen LogP contribution in [0.15, 0.2) is 0 Å². The maximum Gasteiger partial charge on any atom is 0.0550 e. The summed E-state index contributed by atoms with van der Waals surface area (Å²) in [5, 5.41) is 3.59. The molecule has 1 saturated carbocycles. The second-order valence-electron chi connectivity index (χ2n) is 4.25. The summed E-state index contributed by atoms with van der Waals surface area (Å²) in [6, 6.07) is 0.864. The van der Waals surface area contributed by atoms with Crippen molar-refractivity contribution in [3.8, 4) is 0 Å². The van der Waals surface area contributed by atoms with Gasteiger partial charge < -0.3 is 10.1 Å². The summed E-state index contributed by atoms with van der Waals surface area (Å²) >= 11 is 0. The van der Waals surface area contributed by atoms with Gasteiger partial charge in [0, 0.05) is 12.6 Å². The smallest absolute Gasteiger partial charge is 0.0550 e. The normalized spacial score (nSPS) is 36.8. The van der Waals surface area contributed by atoms with Crippen LogP contribution in [0.25, 0.3) is 0 Å². The fraction of sp³-hybridized carbons (Fsp3) is 1.00. The van der Waals surface area contributed by atoms with E-state index in [0.717, 1.165) is 18.6 Å². The molecule has 70 valence electrons. The predicted octanol–water partition coefficient (Wildman–Crippen LogP) is 1.55. The summed E-state index contributed by atoms with van der Waals surface area (Å²) in [5.74, 6) is 0.870. The van der Waals surface area contributed by atoms with Crippen LogP contribution in [0.2, 0.25) is 0 Å². The molecule has 2 unspecified atom stereocenters. The summed E-state index contributed by atoms with van der Waals surface area (Å²) in [5.41, 5.74) is 0. The van der Waals surface area contributed by atoms with Crippen LogP contribution in [0.4, 0.5) is 0 Å². The van der Waals surface area contributed by atoms with Crippen molar-refractivity contribution in [1.82, 2.24) is 5.32 Å². The van der Waals surface area contributed by atoms with E-state index < -0.39 is 0 Å².